The van der Waals surface area contributed by atoms with E-state index < -0.39 is 0 Å². The van der Waals surface area contributed by atoms with Gasteiger partial charge in [-0.3, -0.25) is 0 Å². The molecular formula is C25H37NO3. The molecule has 1 saturated heterocycles. The summed E-state index contributed by atoms with van der Waals surface area (Å²) < 4.78 is 12.1. The molecule has 0 radical (unpaired) electrons. The molecule has 160 valence electrons. The third-order valence-electron chi connectivity index (χ3n) is 7.19. The zero-order valence-electron chi connectivity index (χ0n) is 18.4. The summed E-state index contributed by atoms with van der Waals surface area (Å²) in [6.45, 7) is 10.7. The Kier molecular flexibility index (Phi) is 7.39. The van der Waals surface area contributed by atoms with Crippen molar-refractivity contribution < 1.29 is 14.3 Å². The van der Waals surface area contributed by atoms with Gasteiger partial charge in [0.15, 0.2) is 0 Å². The second kappa shape index (κ2) is 9.80. The molecule has 29 heavy (non-hydrogen) atoms. The fourth-order valence-corrected chi connectivity index (χ4v) is 5.22. The smallest absolute Gasteiger partial charge is 0.407 e. The summed E-state index contributed by atoms with van der Waals surface area (Å²) in [5, 5.41) is 2.86. The monoisotopic (exact) mass is 399 g/mol. The van der Waals surface area contributed by atoms with E-state index in [-0.39, 0.29) is 17.6 Å². The maximum absolute atomic E-state index is 12.1. The van der Waals surface area contributed by atoms with E-state index in [0.717, 1.165) is 25.7 Å². The number of hydrogen-bond acceptors (Lipinski definition) is 3. The zero-order chi connectivity index (χ0) is 20.9. The van der Waals surface area contributed by atoms with E-state index in [4.69, 9.17) is 9.47 Å². The maximum atomic E-state index is 12.1. The van der Waals surface area contributed by atoms with Crippen molar-refractivity contribution in [3.05, 3.63) is 47.5 Å². The van der Waals surface area contributed by atoms with Crippen LogP contribution in [0.15, 0.2) is 42.0 Å². The second-order valence-electron chi connectivity index (χ2n) is 8.98. The van der Waals surface area contributed by atoms with Gasteiger partial charge in [0.2, 0.25) is 0 Å². The molecule has 1 amide bonds. The quantitative estimate of drug-likeness (QED) is 0.472. The number of allylic oxidation sites excluding steroid dienone is 1. The Hall–Kier alpha value is -1.81. The van der Waals surface area contributed by atoms with Crippen LogP contribution in [-0.4, -0.2) is 32.0 Å². The number of hydrogen-bond donors (Lipinski definition) is 1. The van der Waals surface area contributed by atoms with Gasteiger partial charge in [0, 0.05) is 17.9 Å². The van der Waals surface area contributed by atoms with Crippen LogP contribution in [0.5, 0.6) is 0 Å². The zero-order valence-corrected chi connectivity index (χ0v) is 18.4. The van der Waals surface area contributed by atoms with E-state index in [0.29, 0.717) is 37.5 Å². The van der Waals surface area contributed by atoms with Crippen LogP contribution in [0, 0.1) is 23.2 Å². The van der Waals surface area contributed by atoms with Crippen molar-refractivity contribution >= 4 is 6.09 Å². The number of benzene rings is 1. The van der Waals surface area contributed by atoms with Crippen molar-refractivity contribution in [1.29, 1.82) is 0 Å². The van der Waals surface area contributed by atoms with Crippen molar-refractivity contribution in [3.8, 4) is 0 Å². The lowest BCUT2D eigenvalue weighted by molar-refractivity contribution is -0.164. The topological polar surface area (TPSA) is 47.6 Å². The van der Waals surface area contributed by atoms with Gasteiger partial charge >= 0.3 is 6.09 Å². The van der Waals surface area contributed by atoms with Gasteiger partial charge in [0.25, 0.3) is 0 Å². The maximum Gasteiger partial charge on any atom is 0.407 e. The molecule has 4 heteroatoms. The van der Waals surface area contributed by atoms with Gasteiger partial charge in [-0.15, -0.1) is 0 Å². The molecule has 0 spiro atoms. The van der Waals surface area contributed by atoms with Crippen LogP contribution in [0.4, 0.5) is 4.79 Å². The molecule has 1 N–H and O–H groups in total. The number of ether oxygens (including phenoxy) is 2. The van der Waals surface area contributed by atoms with Gasteiger partial charge in [0.05, 0.1) is 12.7 Å². The van der Waals surface area contributed by atoms with Gasteiger partial charge in [-0.05, 0) is 43.6 Å². The molecule has 1 fully saturated rings. The number of aryl methyl sites for hydroxylation is 1. The summed E-state index contributed by atoms with van der Waals surface area (Å²) in [7, 11) is 0. The fourth-order valence-electron chi connectivity index (χ4n) is 5.22. The van der Waals surface area contributed by atoms with Crippen molar-refractivity contribution in [2.75, 3.05) is 19.8 Å². The van der Waals surface area contributed by atoms with Crippen LogP contribution < -0.4 is 5.32 Å². The Morgan fingerprint density at radius 1 is 1.28 bits per heavy atom. The van der Waals surface area contributed by atoms with Crippen LogP contribution in [-0.2, 0) is 15.9 Å². The molecular weight excluding hydrogens is 362 g/mol. The van der Waals surface area contributed by atoms with Gasteiger partial charge in [-0.2, -0.15) is 0 Å². The largest absolute Gasteiger partial charge is 0.449 e. The molecule has 1 aromatic carbocycles. The lowest BCUT2D eigenvalue weighted by atomic mass is 9.56. The molecule has 1 aliphatic carbocycles. The minimum atomic E-state index is -0.304. The number of amides is 1. The van der Waals surface area contributed by atoms with Gasteiger partial charge in [-0.1, -0.05) is 69.2 Å². The van der Waals surface area contributed by atoms with Crippen LogP contribution in [0.2, 0.25) is 0 Å². The van der Waals surface area contributed by atoms with Crippen molar-refractivity contribution in [1.82, 2.24) is 5.32 Å². The average Bonchev–Trinajstić information content (AvgIpc) is 2.71. The van der Waals surface area contributed by atoms with Gasteiger partial charge in [0.1, 0.15) is 6.61 Å². The number of nitrogens with one attached hydrogen (secondary N) is 1. The molecule has 2 aliphatic rings. The van der Waals surface area contributed by atoms with E-state index in [1.807, 2.05) is 0 Å². The first kappa shape index (κ1) is 21.9. The highest BCUT2D eigenvalue weighted by atomic mass is 16.6. The molecule has 4 nitrogen and oxygen atoms in total. The Bertz CT molecular complexity index is 701. The van der Waals surface area contributed by atoms with E-state index >= 15 is 0 Å². The SMILES string of the molecule is CCCCNC(=O)OC[C@]12CO[C@@H](CCc3ccccc3)[C@@H](C(C)=C[C@H]1C)[C@H]2C. The van der Waals surface area contributed by atoms with Crippen molar-refractivity contribution in [3.63, 3.8) is 0 Å². The fraction of sp³-hybridized carbons (Fsp3) is 0.640. The third-order valence-corrected chi connectivity index (χ3v) is 7.19. The molecule has 1 aliphatic heterocycles. The Balaban J connectivity index is 1.65. The molecule has 2 bridgehead atoms. The Morgan fingerprint density at radius 2 is 2.03 bits per heavy atom. The molecule has 0 unspecified atom stereocenters. The first-order chi connectivity index (χ1) is 14.0. The normalized spacial score (nSPS) is 31.1. The van der Waals surface area contributed by atoms with Crippen molar-refractivity contribution in [2.24, 2.45) is 23.2 Å². The van der Waals surface area contributed by atoms with Gasteiger partial charge in [-0.25, -0.2) is 4.79 Å². The molecule has 0 saturated carbocycles. The highest BCUT2D eigenvalue weighted by Crippen LogP contribution is 2.53. The highest BCUT2D eigenvalue weighted by molar-refractivity contribution is 5.67. The third kappa shape index (κ3) is 4.85. The Morgan fingerprint density at radius 3 is 2.76 bits per heavy atom. The molecule has 1 heterocycles. The predicted octanol–water partition coefficient (Wildman–Crippen LogP) is 5.38. The second-order valence-corrected chi connectivity index (χ2v) is 8.98. The number of rotatable bonds is 8. The summed E-state index contributed by atoms with van der Waals surface area (Å²) >= 11 is 0. The summed E-state index contributed by atoms with van der Waals surface area (Å²) in [6, 6.07) is 10.6. The predicted molar refractivity (Wildman–Crippen MR) is 117 cm³/mol. The lowest BCUT2D eigenvalue weighted by Crippen LogP contribution is -2.57. The molecule has 0 aromatic heterocycles. The summed E-state index contributed by atoms with van der Waals surface area (Å²) in [5.74, 6) is 1.13. The van der Waals surface area contributed by atoms with Gasteiger partial charge < -0.3 is 14.8 Å². The summed E-state index contributed by atoms with van der Waals surface area (Å²) in [6.07, 6.45) is 6.39. The van der Waals surface area contributed by atoms with E-state index in [1.165, 1.54) is 11.1 Å². The van der Waals surface area contributed by atoms with Crippen LogP contribution in [0.3, 0.4) is 0 Å². The minimum absolute atomic E-state index is 0.143. The van der Waals surface area contributed by atoms with E-state index in [1.54, 1.807) is 0 Å². The molecule has 3 rings (SSSR count). The number of alkyl carbamates (subject to hydrolysis) is 1. The van der Waals surface area contributed by atoms with E-state index in [2.05, 4.69) is 69.4 Å². The van der Waals surface area contributed by atoms with Crippen LogP contribution >= 0.6 is 0 Å². The lowest BCUT2D eigenvalue weighted by Gasteiger charge is -2.55. The molecule has 5 atom stereocenters. The first-order valence-electron chi connectivity index (χ1n) is 11.2. The van der Waals surface area contributed by atoms with Crippen LogP contribution in [0.25, 0.3) is 0 Å². The first-order valence-corrected chi connectivity index (χ1v) is 11.2. The Labute approximate surface area is 176 Å². The average molecular weight is 400 g/mol. The number of fused-ring (bicyclic) bond motifs is 2. The van der Waals surface area contributed by atoms with Crippen LogP contribution in [0.1, 0.15) is 52.5 Å². The minimum Gasteiger partial charge on any atom is -0.449 e. The number of unbranched alkanes of at least 4 members (excludes halogenated alkanes) is 1. The summed E-state index contributed by atoms with van der Waals surface area (Å²) in [5.41, 5.74) is 2.64. The van der Waals surface area contributed by atoms with E-state index in [9.17, 15) is 4.79 Å². The number of carbonyl (C=O) groups is 1. The molecule has 1 aromatic rings. The highest BCUT2D eigenvalue weighted by Gasteiger charge is 2.53. The summed E-state index contributed by atoms with van der Waals surface area (Å²) in [4.78, 5) is 12.1. The van der Waals surface area contributed by atoms with Crippen molar-refractivity contribution in [2.45, 2.75) is 59.5 Å². The number of carbonyl (C=O) groups excluding carboxylic acids is 1. The standard InChI is InChI=1S/C25H37NO3/c1-5-6-14-26-24(27)29-17-25-16-28-22(13-12-21-10-8-7-9-11-21)23(20(25)4)18(2)15-19(25)3/h7-11,15,19-20,22-23H,5-6,12-14,16-17H2,1-4H3,(H,26,27)/t19-,20-,22+,23+,25-/m1/s1.